The summed E-state index contributed by atoms with van der Waals surface area (Å²) in [5.41, 5.74) is 6.17. The normalized spacial score (nSPS) is 11.5. The summed E-state index contributed by atoms with van der Waals surface area (Å²) in [4.78, 5) is 14.5. The highest BCUT2D eigenvalue weighted by molar-refractivity contribution is 7.12. The summed E-state index contributed by atoms with van der Waals surface area (Å²) in [6, 6.07) is 1.77. The summed E-state index contributed by atoms with van der Waals surface area (Å²) in [6.07, 6.45) is 0.917. The third-order valence-electron chi connectivity index (χ3n) is 2.97. The van der Waals surface area contributed by atoms with E-state index in [1.54, 1.807) is 11.0 Å². The predicted octanol–water partition coefficient (Wildman–Crippen LogP) is 2.59. The van der Waals surface area contributed by atoms with Crippen LogP contribution in [0.1, 0.15) is 36.9 Å². The van der Waals surface area contributed by atoms with Gasteiger partial charge in [0.05, 0.1) is 5.69 Å². The van der Waals surface area contributed by atoms with E-state index in [-0.39, 0.29) is 11.4 Å². The first-order valence-electron chi connectivity index (χ1n) is 5.01. The van der Waals surface area contributed by atoms with Crippen molar-refractivity contribution in [3.63, 3.8) is 0 Å². The Labute approximate surface area is 94.9 Å². The summed E-state index contributed by atoms with van der Waals surface area (Å²) in [6.45, 7) is 6.17. The second kappa shape index (κ2) is 4.23. The largest absolute Gasteiger partial charge is 0.397 e. The van der Waals surface area contributed by atoms with Crippen LogP contribution in [0.3, 0.4) is 0 Å². The highest BCUT2D eigenvalue weighted by Crippen LogP contribution is 2.25. The lowest BCUT2D eigenvalue weighted by molar-refractivity contribution is 0.0626. The molecule has 1 aromatic rings. The van der Waals surface area contributed by atoms with Crippen molar-refractivity contribution in [1.82, 2.24) is 4.90 Å². The lowest BCUT2D eigenvalue weighted by Crippen LogP contribution is -2.44. The number of nitrogens with zero attached hydrogens (tertiary/aromatic N) is 1. The molecular weight excluding hydrogens is 208 g/mol. The van der Waals surface area contributed by atoms with Crippen LogP contribution in [0.4, 0.5) is 5.69 Å². The maximum Gasteiger partial charge on any atom is 0.266 e. The molecule has 1 amide bonds. The fourth-order valence-electron chi connectivity index (χ4n) is 1.16. The van der Waals surface area contributed by atoms with Crippen molar-refractivity contribution in [3.8, 4) is 0 Å². The van der Waals surface area contributed by atoms with E-state index in [1.807, 2.05) is 12.4 Å². The Morgan fingerprint density at radius 1 is 1.60 bits per heavy atom. The van der Waals surface area contributed by atoms with Crippen LogP contribution in [0.25, 0.3) is 0 Å². The molecule has 2 N–H and O–H groups in total. The van der Waals surface area contributed by atoms with Crippen LogP contribution in [0, 0.1) is 0 Å². The van der Waals surface area contributed by atoms with E-state index in [0.717, 1.165) is 6.42 Å². The van der Waals surface area contributed by atoms with Crippen molar-refractivity contribution >= 4 is 22.9 Å². The quantitative estimate of drug-likeness (QED) is 0.861. The monoisotopic (exact) mass is 226 g/mol. The Bertz CT molecular complexity index is 357. The van der Waals surface area contributed by atoms with Crippen molar-refractivity contribution in [2.75, 3.05) is 12.8 Å². The fourth-order valence-corrected chi connectivity index (χ4v) is 1.95. The summed E-state index contributed by atoms with van der Waals surface area (Å²) >= 11 is 1.40. The van der Waals surface area contributed by atoms with E-state index in [2.05, 4.69) is 20.8 Å². The molecule has 0 aliphatic heterocycles. The van der Waals surface area contributed by atoms with Crippen LogP contribution < -0.4 is 5.73 Å². The smallest absolute Gasteiger partial charge is 0.266 e. The number of nitrogens with two attached hydrogens (primary N) is 1. The average molecular weight is 226 g/mol. The van der Waals surface area contributed by atoms with Gasteiger partial charge in [0.25, 0.3) is 5.91 Å². The van der Waals surface area contributed by atoms with Crippen LogP contribution >= 0.6 is 11.3 Å². The Kier molecular flexibility index (Phi) is 3.39. The number of hydrogen-bond acceptors (Lipinski definition) is 3. The molecule has 0 saturated carbocycles. The van der Waals surface area contributed by atoms with Gasteiger partial charge in [-0.25, -0.2) is 0 Å². The number of carbonyl (C=O) groups is 1. The maximum atomic E-state index is 12.1. The first-order valence-corrected chi connectivity index (χ1v) is 5.89. The van der Waals surface area contributed by atoms with Gasteiger partial charge in [-0.15, -0.1) is 11.3 Å². The predicted molar refractivity (Wildman–Crippen MR) is 65.2 cm³/mol. The second-order valence-corrected chi connectivity index (χ2v) is 5.15. The summed E-state index contributed by atoms with van der Waals surface area (Å²) in [5.74, 6) is 0.00866. The van der Waals surface area contributed by atoms with Gasteiger partial charge < -0.3 is 10.6 Å². The molecule has 0 spiro atoms. The van der Waals surface area contributed by atoms with E-state index in [4.69, 9.17) is 5.73 Å². The zero-order valence-corrected chi connectivity index (χ0v) is 10.5. The maximum absolute atomic E-state index is 12.1. The molecule has 1 rings (SSSR count). The first-order chi connectivity index (χ1) is 6.90. The molecule has 0 atom stereocenters. The Hall–Kier alpha value is -1.03. The highest BCUT2D eigenvalue weighted by atomic mass is 32.1. The number of hydrogen-bond donors (Lipinski definition) is 1. The zero-order chi connectivity index (χ0) is 11.6. The Morgan fingerprint density at radius 2 is 2.20 bits per heavy atom. The van der Waals surface area contributed by atoms with Crippen molar-refractivity contribution in [2.45, 2.75) is 32.7 Å². The van der Waals surface area contributed by atoms with Crippen LogP contribution in [0.5, 0.6) is 0 Å². The Balaban J connectivity index is 2.92. The van der Waals surface area contributed by atoms with Gasteiger partial charge in [-0.2, -0.15) is 0 Å². The minimum absolute atomic E-state index is 0.00866. The minimum Gasteiger partial charge on any atom is -0.397 e. The van der Waals surface area contributed by atoms with E-state index in [0.29, 0.717) is 10.6 Å². The number of rotatable bonds is 3. The van der Waals surface area contributed by atoms with E-state index in [1.165, 1.54) is 11.3 Å². The van der Waals surface area contributed by atoms with Gasteiger partial charge in [-0.1, -0.05) is 6.92 Å². The molecule has 0 aromatic carbocycles. The van der Waals surface area contributed by atoms with Gasteiger partial charge in [-0.05, 0) is 31.7 Å². The van der Waals surface area contributed by atoms with Gasteiger partial charge >= 0.3 is 0 Å². The first kappa shape index (κ1) is 12.0. The molecule has 0 fully saturated rings. The summed E-state index contributed by atoms with van der Waals surface area (Å²) < 4.78 is 0. The number of nitrogen functional groups attached to an aromatic ring is 1. The lowest BCUT2D eigenvalue weighted by atomic mass is 10.00. The van der Waals surface area contributed by atoms with Gasteiger partial charge in [0.15, 0.2) is 0 Å². The van der Waals surface area contributed by atoms with Gasteiger partial charge in [-0.3, -0.25) is 4.79 Å². The number of anilines is 1. The van der Waals surface area contributed by atoms with Crippen molar-refractivity contribution < 1.29 is 4.79 Å². The number of carbonyl (C=O) groups excluding carboxylic acids is 1. The van der Waals surface area contributed by atoms with Crippen LogP contribution in [0.2, 0.25) is 0 Å². The van der Waals surface area contributed by atoms with Crippen molar-refractivity contribution in [1.29, 1.82) is 0 Å². The standard InChI is InChI=1S/C11H18N2OS/c1-5-11(2,3)13(4)10(14)9-8(12)6-7-15-9/h6-7H,5,12H2,1-4H3. The molecule has 3 nitrogen and oxygen atoms in total. The molecule has 1 heterocycles. The topological polar surface area (TPSA) is 46.3 Å². The average Bonchev–Trinajstić information content (AvgIpc) is 2.62. The molecule has 1 aromatic heterocycles. The number of amides is 1. The van der Waals surface area contributed by atoms with Crippen molar-refractivity contribution in [2.24, 2.45) is 0 Å². The summed E-state index contributed by atoms with van der Waals surface area (Å²) in [5, 5.41) is 1.84. The van der Waals surface area contributed by atoms with Gasteiger partial charge in [0, 0.05) is 12.6 Å². The molecule has 0 aliphatic rings. The van der Waals surface area contributed by atoms with Crippen LogP contribution in [-0.2, 0) is 0 Å². The SMILES string of the molecule is CCC(C)(C)N(C)C(=O)c1sccc1N. The van der Waals surface area contributed by atoms with Crippen LogP contribution in [-0.4, -0.2) is 23.4 Å². The molecule has 0 bridgehead atoms. The van der Waals surface area contributed by atoms with E-state index >= 15 is 0 Å². The van der Waals surface area contributed by atoms with Crippen molar-refractivity contribution in [3.05, 3.63) is 16.3 Å². The van der Waals surface area contributed by atoms with Crippen LogP contribution in [0.15, 0.2) is 11.4 Å². The molecule has 0 saturated heterocycles. The molecule has 0 radical (unpaired) electrons. The van der Waals surface area contributed by atoms with E-state index in [9.17, 15) is 4.79 Å². The third-order valence-corrected chi connectivity index (χ3v) is 3.89. The highest BCUT2D eigenvalue weighted by Gasteiger charge is 2.27. The lowest BCUT2D eigenvalue weighted by Gasteiger charge is -2.34. The third kappa shape index (κ3) is 2.31. The zero-order valence-electron chi connectivity index (χ0n) is 9.70. The fraction of sp³-hybridized carbons (Fsp3) is 0.545. The molecular formula is C11H18N2OS. The Morgan fingerprint density at radius 3 is 2.60 bits per heavy atom. The molecule has 0 aliphatic carbocycles. The molecule has 0 unspecified atom stereocenters. The molecule has 4 heteroatoms. The number of thiophene rings is 1. The molecule has 15 heavy (non-hydrogen) atoms. The molecule has 84 valence electrons. The minimum atomic E-state index is -0.131. The van der Waals surface area contributed by atoms with Gasteiger partial charge in [0.1, 0.15) is 4.88 Å². The van der Waals surface area contributed by atoms with Gasteiger partial charge in [0.2, 0.25) is 0 Å². The summed E-state index contributed by atoms with van der Waals surface area (Å²) in [7, 11) is 1.82. The second-order valence-electron chi connectivity index (χ2n) is 4.24. The van der Waals surface area contributed by atoms with E-state index < -0.39 is 0 Å².